The molecule has 5 nitrogen and oxygen atoms in total. The summed E-state index contributed by atoms with van der Waals surface area (Å²) in [6, 6.07) is 11.7. The SMILES string of the molecule is Cc1cccc(C(=O)N(C#N)N(C(=O)c2cccc(Cl)c2)C(C)(C)C)c1C. The minimum atomic E-state index is -0.817. The summed E-state index contributed by atoms with van der Waals surface area (Å²) in [5.74, 6) is -1.03. The number of carbonyl (C=O) groups is 2. The van der Waals surface area contributed by atoms with Crippen LogP contribution in [0.2, 0.25) is 5.02 Å². The molecule has 0 unspecified atom stereocenters. The van der Waals surface area contributed by atoms with Crippen LogP contribution >= 0.6 is 11.6 Å². The summed E-state index contributed by atoms with van der Waals surface area (Å²) in [4.78, 5) is 26.3. The van der Waals surface area contributed by atoms with Crippen molar-refractivity contribution >= 4 is 23.4 Å². The number of nitriles is 1. The lowest BCUT2D eigenvalue weighted by atomic mass is 10.0. The molecule has 0 aliphatic rings. The number of hydrogen-bond acceptors (Lipinski definition) is 3. The minimum Gasteiger partial charge on any atom is -0.267 e. The predicted octanol–water partition coefficient (Wildman–Crippen LogP) is 4.74. The van der Waals surface area contributed by atoms with E-state index in [1.807, 2.05) is 26.1 Å². The van der Waals surface area contributed by atoms with E-state index >= 15 is 0 Å². The molecule has 0 aliphatic carbocycles. The molecule has 0 N–H and O–H groups in total. The van der Waals surface area contributed by atoms with E-state index in [-0.39, 0.29) is 0 Å². The molecule has 2 amide bonds. The van der Waals surface area contributed by atoms with E-state index < -0.39 is 17.4 Å². The molecule has 140 valence electrons. The fourth-order valence-corrected chi connectivity index (χ4v) is 2.91. The van der Waals surface area contributed by atoms with Crippen molar-refractivity contribution in [3.63, 3.8) is 0 Å². The first-order valence-electron chi connectivity index (χ1n) is 8.48. The van der Waals surface area contributed by atoms with Crippen LogP contribution in [0, 0.1) is 25.3 Å². The molecule has 0 heterocycles. The minimum absolute atomic E-state index is 0.298. The second-order valence-corrected chi connectivity index (χ2v) is 7.70. The van der Waals surface area contributed by atoms with Gasteiger partial charge in [-0.3, -0.25) is 9.59 Å². The largest absolute Gasteiger partial charge is 0.286 e. The van der Waals surface area contributed by atoms with Crippen LogP contribution in [-0.2, 0) is 0 Å². The third-order valence-electron chi connectivity index (χ3n) is 4.22. The number of carbonyl (C=O) groups excluding carboxylic acids is 2. The fraction of sp³-hybridized carbons (Fsp3) is 0.286. The number of aryl methyl sites for hydroxylation is 1. The number of nitrogens with zero attached hydrogens (tertiary/aromatic N) is 3. The Labute approximate surface area is 164 Å². The molecule has 0 aliphatic heterocycles. The molecule has 0 radical (unpaired) electrons. The summed E-state index contributed by atoms with van der Waals surface area (Å²) in [6.45, 7) is 8.99. The van der Waals surface area contributed by atoms with Crippen molar-refractivity contribution in [2.24, 2.45) is 0 Å². The Bertz CT molecular complexity index is 926. The van der Waals surface area contributed by atoms with E-state index in [9.17, 15) is 14.9 Å². The first-order chi connectivity index (χ1) is 12.6. The average molecular weight is 384 g/mol. The Hall–Kier alpha value is -2.84. The zero-order valence-electron chi connectivity index (χ0n) is 16.1. The quantitative estimate of drug-likeness (QED) is 0.427. The Balaban J connectivity index is 2.54. The van der Waals surface area contributed by atoms with Gasteiger partial charge in [-0.1, -0.05) is 29.8 Å². The highest BCUT2D eigenvalue weighted by atomic mass is 35.5. The molecule has 0 fully saturated rings. The smallest absolute Gasteiger partial charge is 0.267 e. The Kier molecular flexibility index (Phi) is 5.92. The molecule has 2 aromatic carbocycles. The van der Waals surface area contributed by atoms with Crippen molar-refractivity contribution in [1.82, 2.24) is 10.0 Å². The van der Waals surface area contributed by atoms with Crippen LogP contribution in [0.15, 0.2) is 42.5 Å². The van der Waals surface area contributed by atoms with Crippen LogP contribution in [0.5, 0.6) is 0 Å². The number of benzene rings is 2. The summed E-state index contributed by atoms with van der Waals surface area (Å²) in [5, 5.41) is 12.1. The monoisotopic (exact) mass is 383 g/mol. The van der Waals surface area contributed by atoms with E-state index in [0.29, 0.717) is 16.1 Å². The Morgan fingerprint density at radius 1 is 1.04 bits per heavy atom. The number of rotatable bonds is 2. The molecule has 0 bridgehead atoms. The Morgan fingerprint density at radius 2 is 1.67 bits per heavy atom. The molecule has 0 spiro atoms. The highest BCUT2D eigenvalue weighted by Gasteiger charge is 2.37. The van der Waals surface area contributed by atoms with E-state index in [4.69, 9.17) is 11.6 Å². The van der Waals surface area contributed by atoms with Crippen LogP contribution in [0.1, 0.15) is 52.6 Å². The number of hydrazine groups is 1. The lowest BCUT2D eigenvalue weighted by Crippen LogP contribution is -2.56. The highest BCUT2D eigenvalue weighted by Crippen LogP contribution is 2.24. The van der Waals surface area contributed by atoms with Crippen molar-refractivity contribution < 1.29 is 9.59 Å². The second kappa shape index (κ2) is 7.81. The molecule has 2 aromatic rings. The lowest BCUT2D eigenvalue weighted by Gasteiger charge is -2.39. The third kappa shape index (κ3) is 4.29. The normalized spacial score (nSPS) is 10.9. The summed E-state index contributed by atoms with van der Waals surface area (Å²) in [7, 11) is 0. The summed E-state index contributed by atoms with van der Waals surface area (Å²) >= 11 is 6.00. The summed E-state index contributed by atoms with van der Waals surface area (Å²) < 4.78 is 0. The van der Waals surface area contributed by atoms with Gasteiger partial charge in [0.2, 0.25) is 6.19 Å². The topological polar surface area (TPSA) is 64.4 Å². The van der Waals surface area contributed by atoms with Gasteiger partial charge in [-0.2, -0.15) is 5.26 Å². The standard InChI is InChI=1S/C21H22ClN3O2/c1-14-8-6-11-18(15(14)2)20(27)24(13-23)25(21(3,4)5)19(26)16-9-7-10-17(22)12-16/h6-12H,1-5H3. The molecular formula is C21H22ClN3O2. The molecule has 0 atom stereocenters. The number of hydrogen-bond donors (Lipinski definition) is 0. The van der Waals surface area contributed by atoms with Gasteiger partial charge in [-0.25, -0.2) is 5.01 Å². The molecule has 0 saturated carbocycles. The van der Waals surface area contributed by atoms with Crippen LogP contribution in [0.25, 0.3) is 0 Å². The zero-order chi connectivity index (χ0) is 20.4. The second-order valence-electron chi connectivity index (χ2n) is 7.26. The number of amides is 2. The van der Waals surface area contributed by atoms with Gasteiger partial charge in [-0.15, -0.1) is 5.01 Å². The van der Waals surface area contributed by atoms with Crippen molar-refractivity contribution in [2.45, 2.75) is 40.2 Å². The predicted molar refractivity (Wildman–Crippen MR) is 105 cm³/mol. The highest BCUT2D eigenvalue weighted by molar-refractivity contribution is 6.31. The van der Waals surface area contributed by atoms with Crippen molar-refractivity contribution in [2.75, 3.05) is 0 Å². The maximum Gasteiger partial charge on any atom is 0.286 e. The van der Waals surface area contributed by atoms with Gasteiger partial charge in [0.1, 0.15) is 0 Å². The molecule has 0 aromatic heterocycles. The molecule has 0 saturated heterocycles. The molecule has 2 rings (SSSR count). The van der Waals surface area contributed by atoms with Crippen LogP contribution < -0.4 is 0 Å². The Morgan fingerprint density at radius 3 is 2.22 bits per heavy atom. The van der Waals surface area contributed by atoms with Crippen LogP contribution in [0.3, 0.4) is 0 Å². The third-order valence-corrected chi connectivity index (χ3v) is 4.46. The van der Waals surface area contributed by atoms with Gasteiger partial charge in [-0.05, 0) is 70.0 Å². The van der Waals surface area contributed by atoms with Crippen LogP contribution in [0.4, 0.5) is 0 Å². The van der Waals surface area contributed by atoms with Gasteiger partial charge < -0.3 is 0 Å². The number of halogens is 1. The molecule has 27 heavy (non-hydrogen) atoms. The summed E-state index contributed by atoms with van der Waals surface area (Å²) in [6.07, 6.45) is 1.87. The summed E-state index contributed by atoms with van der Waals surface area (Å²) in [5.41, 5.74) is 1.56. The van der Waals surface area contributed by atoms with Gasteiger partial charge in [0.05, 0.1) is 5.54 Å². The van der Waals surface area contributed by atoms with Gasteiger partial charge >= 0.3 is 0 Å². The van der Waals surface area contributed by atoms with Crippen LogP contribution in [-0.4, -0.2) is 27.4 Å². The fourth-order valence-electron chi connectivity index (χ4n) is 2.72. The first kappa shape index (κ1) is 20.5. The van der Waals surface area contributed by atoms with E-state index in [1.54, 1.807) is 51.1 Å². The van der Waals surface area contributed by atoms with Crippen molar-refractivity contribution in [3.05, 3.63) is 69.7 Å². The molecule has 6 heteroatoms. The van der Waals surface area contributed by atoms with Crippen molar-refractivity contribution in [3.8, 4) is 6.19 Å². The lowest BCUT2D eigenvalue weighted by molar-refractivity contribution is -0.0167. The van der Waals surface area contributed by atoms with Gasteiger partial charge in [0.25, 0.3) is 11.8 Å². The maximum atomic E-state index is 13.2. The van der Waals surface area contributed by atoms with Gasteiger partial charge in [0.15, 0.2) is 0 Å². The van der Waals surface area contributed by atoms with Gasteiger partial charge in [0, 0.05) is 16.1 Å². The van der Waals surface area contributed by atoms with E-state index in [0.717, 1.165) is 16.1 Å². The maximum absolute atomic E-state index is 13.2. The average Bonchev–Trinajstić information content (AvgIpc) is 2.59. The molecular weight excluding hydrogens is 362 g/mol. The zero-order valence-corrected chi connectivity index (χ0v) is 16.8. The first-order valence-corrected chi connectivity index (χ1v) is 8.86. The van der Waals surface area contributed by atoms with E-state index in [2.05, 4.69) is 0 Å². The van der Waals surface area contributed by atoms with E-state index in [1.165, 1.54) is 11.1 Å². The van der Waals surface area contributed by atoms with Crippen molar-refractivity contribution in [1.29, 1.82) is 5.26 Å².